The highest BCUT2D eigenvalue weighted by Gasteiger charge is 2.62. The third kappa shape index (κ3) is 7.31. The molecule has 49 heavy (non-hydrogen) atoms. The number of amides is 4. The minimum atomic E-state index is -5.27. The lowest BCUT2D eigenvalue weighted by atomic mass is 10.0. The summed E-state index contributed by atoms with van der Waals surface area (Å²) in [6.07, 6.45) is -2.08. The SMILES string of the molecule is C=C[C@@H]1CC1(NC(=O)[C@@H]1C[C@@H]2CN1C(=O)[C@H](C(F)(F)F)NC(=O)OCCCCCc1ccc3ccnc(c3c1)O2)C(=O)NS(=O)(=O)C1CC1. The number of sulfonamides is 1. The Balaban J connectivity index is 1.32. The molecular weight excluding hydrogens is 671 g/mol. The van der Waals surface area contributed by atoms with E-state index in [1.807, 2.05) is 22.9 Å². The van der Waals surface area contributed by atoms with Crippen molar-refractivity contribution in [3.05, 3.63) is 48.7 Å². The summed E-state index contributed by atoms with van der Waals surface area (Å²) >= 11 is 0. The second-order valence-corrected chi connectivity index (χ2v) is 14.9. The fraction of sp³-hybridized carbons (Fsp3) is 0.531. The molecule has 4 aliphatic rings. The van der Waals surface area contributed by atoms with E-state index in [-0.39, 0.29) is 25.3 Å². The minimum absolute atomic E-state index is 0.0182. The van der Waals surface area contributed by atoms with Crippen LogP contribution in [0, 0.1) is 5.92 Å². The summed E-state index contributed by atoms with van der Waals surface area (Å²) < 4.78 is 81.1. The molecule has 3 N–H and O–H groups in total. The van der Waals surface area contributed by atoms with Gasteiger partial charge in [0.15, 0.2) is 0 Å². The van der Waals surface area contributed by atoms with E-state index in [0.717, 1.165) is 10.9 Å². The number of halogens is 3. The van der Waals surface area contributed by atoms with Crippen LogP contribution in [0.3, 0.4) is 0 Å². The number of fused-ring (bicyclic) bond motifs is 3. The maximum atomic E-state index is 14.3. The van der Waals surface area contributed by atoms with Crippen molar-refractivity contribution in [1.29, 1.82) is 0 Å². The van der Waals surface area contributed by atoms with Crippen molar-refractivity contribution < 1.29 is 50.2 Å². The van der Waals surface area contributed by atoms with Gasteiger partial charge in [-0.2, -0.15) is 13.2 Å². The van der Waals surface area contributed by atoms with Gasteiger partial charge in [-0.3, -0.25) is 19.1 Å². The van der Waals surface area contributed by atoms with Gasteiger partial charge >= 0.3 is 12.3 Å². The molecule has 4 bridgehead atoms. The van der Waals surface area contributed by atoms with Crippen molar-refractivity contribution in [2.45, 2.75) is 86.5 Å². The van der Waals surface area contributed by atoms with Crippen LogP contribution in [-0.4, -0.2) is 90.4 Å². The molecule has 13 nitrogen and oxygen atoms in total. The summed E-state index contributed by atoms with van der Waals surface area (Å²) in [5.41, 5.74) is -0.771. The van der Waals surface area contributed by atoms with Gasteiger partial charge in [-0.05, 0) is 68.0 Å². The molecule has 0 radical (unpaired) electrons. The molecule has 1 saturated heterocycles. The number of carbonyl (C=O) groups is 4. The zero-order chi connectivity index (χ0) is 35.1. The van der Waals surface area contributed by atoms with Crippen LogP contribution >= 0.6 is 0 Å². The molecule has 2 aliphatic carbocycles. The van der Waals surface area contributed by atoms with Crippen LogP contribution in [0.25, 0.3) is 10.8 Å². The standard InChI is InChI=1S/C32H36F3N5O8S/c1-2-20-16-31(20,29(43)39-49(45,46)22-9-10-22)38-26(41)24-15-21-17-40(24)28(42)25(32(33,34)35)37-30(44)47-13-5-3-4-6-18-7-8-19-11-12-36-27(48-21)23(19)14-18/h2,7-8,11-12,14,20-22,24-25H,1,3-6,9-10,13,15-17H2,(H,37,44)(H,38,41)(H,39,43)/t20-,21-,24+,25-,31?/m1/s1. The van der Waals surface area contributed by atoms with Crippen molar-refractivity contribution in [3.63, 3.8) is 0 Å². The first-order valence-electron chi connectivity index (χ1n) is 16.1. The van der Waals surface area contributed by atoms with Crippen molar-refractivity contribution in [1.82, 2.24) is 25.2 Å². The predicted molar refractivity (Wildman–Crippen MR) is 167 cm³/mol. The maximum absolute atomic E-state index is 14.3. The van der Waals surface area contributed by atoms with Crippen molar-refractivity contribution in [2.24, 2.45) is 5.92 Å². The zero-order valence-corrected chi connectivity index (χ0v) is 27.1. The maximum Gasteiger partial charge on any atom is 0.417 e. The predicted octanol–water partition coefficient (Wildman–Crippen LogP) is 2.64. The Bertz CT molecular complexity index is 1790. The number of rotatable bonds is 6. The summed E-state index contributed by atoms with van der Waals surface area (Å²) in [5, 5.41) is 4.81. The van der Waals surface area contributed by atoms with Crippen molar-refractivity contribution in [3.8, 4) is 5.88 Å². The van der Waals surface area contributed by atoms with Crippen LogP contribution in [0.4, 0.5) is 18.0 Å². The minimum Gasteiger partial charge on any atom is -0.472 e. The fourth-order valence-electron chi connectivity index (χ4n) is 6.37. The molecule has 2 aromatic rings. The Morgan fingerprint density at radius 1 is 1.14 bits per heavy atom. The molecule has 0 spiro atoms. The van der Waals surface area contributed by atoms with Gasteiger partial charge in [0.25, 0.3) is 11.8 Å². The molecule has 4 amide bonds. The summed E-state index contributed by atoms with van der Waals surface area (Å²) in [6.45, 7) is 2.97. The number of hydrogen-bond acceptors (Lipinski definition) is 9. The van der Waals surface area contributed by atoms with Crippen molar-refractivity contribution in [2.75, 3.05) is 13.2 Å². The number of alkyl halides is 3. The quantitative estimate of drug-likeness (QED) is 0.382. The highest BCUT2D eigenvalue weighted by atomic mass is 32.2. The van der Waals surface area contributed by atoms with Gasteiger partial charge in [-0.15, -0.1) is 6.58 Å². The Morgan fingerprint density at radius 2 is 1.92 bits per heavy atom. The smallest absolute Gasteiger partial charge is 0.417 e. The summed E-state index contributed by atoms with van der Waals surface area (Å²) in [5.74, 6) is -4.18. The zero-order valence-electron chi connectivity index (χ0n) is 26.3. The summed E-state index contributed by atoms with van der Waals surface area (Å²) in [6, 6.07) is 2.84. The van der Waals surface area contributed by atoms with Crippen LogP contribution in [0.1, 0.15) is 50.5 Å². The topological polar surface area (TPSA) is 173 Å². The van der Waals surface area contributed by atoms with E-state index in [1.54, 1.807) is 11.4 Å². The molecule has 1 aromatic heterocycles. The van der Waals surface area contributed by atoms with Gasteiger partial charge in [0.1, 0.15) is 17.7 Å². The molecule has 17 heteroatoms. The lowest BCUT2D eigenvalue weighted by Gasteiger charge is -2.30. The molecule has 3 heterocycles. The molecular formula is C32H36F3N5O8S. The third-order valence-electron chi connectivity index (χ3n) is 9.35. The Hall–Kier alpha value is -4.41. The number of aryl methyl sites for hydroxylation is 1. The first kappa shape index (κ1) is 34.5. The lowest BCUT2D eigenvalue weighted by molar-refractivity contribution is -0.176. The van der Waals surface area contributed by atoms with Gasteiger partial charge in [0, 0.05) is 23.9 Å². The molecule has 2 aliphatic heterocycles. The number of hydrogen-bond donors (Lipinski definition) is 3. The highest BCUT2D eigenvalue weighted by Crippen LogP contribution is 2.45. The van der Waals surface area contributed by atoms with Gasteiger partial charge in [-0.1, -0.05) is 18.2 Å². The van der Waals surface area contributed by atoms with Crippen LogP contribution < -0.4 is 20.1 Å². The van der Waals surface area contributed by atoms with E-state index in [1.165, 1.54) is 12.3 Å². The van der Waals surface area contributed by atoms with Crippen LogP contribution in [0.5, 0.6) is 5.88 Å². The number of aromatic nitrogens is 1. The first-order valence-corrected chi connectivity index (χ1v) is 17.6. The summed E-state index contributed by atoms with van der Waals surface area (Å²) in [7, 11) is -4.00. The molecule has 6 rings (SSSR count). The van der Waals surface area contributed by atoms with Crippen LogP contribution in [0.15, 0.2) is 43.1 Å². The van der Waals surface area contributed by atoms with Gasteiger partial charge < -0.3 is 25.0 Å². The molecule has 2 saturated carbocycles. The number of nitrogens with zero attached hydrogens (tertiary/aromatic N) is 2. The number of cyclic esters (lactones) is 1. The normalized spacial score (nSPS) is 28.0. The average Bonchev–Trinajstić information content (AvgIpc) is 3.97. The largest absolute Gasteiger partial charge is 0.472 e. The van der Waals surface area contributed by atoms with Crippen LogP contribution in [0.2, 0.25) is 0 Å². The molecule has 1 aromatic carbocycles. The summed E-state index contributed by atoms with van der Waals surface area (Å²) in [4.78, 5) is 58.2. The number of carbonyl (C=O) groups excluding carboxylic acids is 4. The van der Waals surface area contributed by atoms with Crippen LogP contribution in [-0.2, 0) is 35.6 Å². The Morgan fingerprint density at radius 3 is 2.61 bits per heavy atom. The number of pyridine rings is 1. The van der Waals surface area contributed by atoms with E-state index in [9.17, 15) is 40.8 Å². The number of nitrogens with one attached hydrogen (secondary N) is 3. The molecule has 1 unspecified atom stereocenters. The highest BCUT2D eigenvalue weighted by molar-refractivity contribution is 7.91. The van der Waals surface area contributed by atoms with Crippen molar-refractivity contribution >= 4 is 44.6 Å². The van der Waals surface area contributed by atoms with E-state index < -0.39 is 81.5 Å². The van der Waals surface area contributed by atoms with Gasteiger partial charge in [0.05, 0.1) is 18.4 Å². The number of benzene rings is 1. The Labute approximate surface area is 280 Å². The fourth-order valence-corrected chi connectivity index (χ4v) is 7.74. The average molecular weight is 708 g/mol. The molecule has 3 fully saturated rings. The second-order valence-electron chi connectivity index (χ2n) is 12.9. The van der Waals surface area contributed by atoms with E-state index >= 15 is 0 Å². The van der Waals surface area contributed by atoms with E-state index in [4.69, 9.17) is 9.47 Å². The van der Waals surface area contributed by atoms with Gasteiger partial charge in [0.2, 0.25) is 27.9 Å². The van der Waals surface area contributed by atoms with E-state index in [0.29, 0.717) is 48.8 Å². The van der Waals surface area contributed by atoms with E-state index in [2.05, 4.69) is 16.9 Å². The first-order chi connectivity index (χ1) is 23.2. The molecule has 264 valence electrons. The third-order valence-corrected chi connectivity index (χ3v) is 11.2. The monoisotopic (exact) mass is 707 g/mol. The lowest BCUT2D eigenvalue weighted by Crippen LogP contribution is -2.60. The number of alkyl carbamates (subject to hydrolysis) is 1. The molecule has 5 atom stereocenters. The Kier molecular flexibility index (Phi) is 9.23. The van der Waals surface area contributed by atoms with Gasteiger partial charge in [-0.25, -0.2) is 18.2 Å². The number of ether oxygens (including phenoxy) is 2. The second kappa shape index (κ2) is 13.1.